The van der Waals surface area contributed by atoms with Crippen LogP contribution in [0.4, 0.5) is 0 Å². The van der Waals surface area contributed by atoms with E-state index in [9.17, 15) is 0 Å². The SMILES string of the molecule is c1cc2cccc3c4cccc5cccc(c(c1)c23)c54.c1cc2cccc3c4cccc5cccc(c(c1)c23)c54.c1ccccc1. The van der Waals surface area contributed by atoms with E-state index in [1.165, 1.54) is 86.2 Å². The Morgan fingerprint density at radius 1 is 0.152 bits per heavy atom. The lowest BCUT2D eigenvalue weighted by Crippen LogP contribution is -1.85. The molecule has 0 heterocycles. The molecular weight excluding hydrogens is 553 g/mol. The summed E-state index contributed by atoms with van der Waals surface area (Å²) in [5.41, 5.74) is 0. The molecule has 0 aliphatic rings. The van der Waals surface area contributed by atoms with Crippen LogP contribution in [0.5, 0.6) is 0 Å². The van der Waals surface area contributed by atoms with Crippen molar-refractivity contribution in [1.82, 2.24) is 0 Å². The van der Waals surface area contributed by atoms with Crippen molar-refractivity contribution < 1.29 is 0 Å². The predicted molar refractivity (Wildman–Crippen MR) is 202 cm³/mol. The molecule has 0 nitrogen and oxygen atoms in total. The maximum Gasteiger partial charge on any atom is -0.00264 e. The van der Waals surface area contributed by atoms with Gasteiger partial charge in [-0.3, -0.25) is 0 Å². The molecule has 11 aromatic rings. The summed E-state index contributed by atoms with van der Waals surface area (Å²) in [7, 11) is 0. The number of rotatable bonds is 0. The average molecular weight is 583 g/mol. The van der Waals surface area contributed by atoms with E-state index in [0.29, 0.717) is 0 Å². The molecule has 0 unspecified atom stereocenters. The van der Waals surface area contributed by atoms with Gasteiger partial charge in [0, 0.05) is 0 Å². The van der Waals surface area contributed by atoms with Gasteiger partial charge in [-0.25, -0.2) is 0 Å². The summed E-state index contributed by atoms with van der Waals surface area (Å²) in [4.78, 5) is 0. The molecule has 0 spiro atoms. The normalized spacial score (nSPS) is 11.5. The Balaban J connectivity index is 0.000000108. The lowest BCUT2D eigenvalue weighted by atomic mass is 9.90. The van der Waals surface area contributed by atoms with E-state index >= 15 is 0 Å². The van der Waals surface area contributed by atoms with Crippen molar-refractivity contribution >= 4 is 86.2 Å². The fourth-order valence-electron chi connectivity index (χ4n) is 7.54. The summed E-state index contributed by atoms with van der Waals surface area (Å²) >= 11 is 0. The minimum Gasteiger partial charge on any atom is -0.0623 e. The van der Waals surface area contributed by atoms with Crippen molar-refractivity contribution in [1.29, 1.82) is 0 Å². The van der Waals surface area contributed by atoms with Crippen LogP contribution in [0.2, 0.25) is 0 Å². The summed E-state index contributed by atoms with van der Waals surface area (Å²) in [5, 5.41) is 21.8. The highest BCUT2D eigenvalue weighted by atomic mass is 14.2. The Kier molecular flexibility index (Phi) is 6.25. The maximum absolute atomic E-state index is 2.25. The van der Waals surface area contributed by atoms with Crippen LogP contribution in [-0.2, 0) is 0 Å². The highest BCUT2D eigenvalue weighted by molar-refractivity contribution is 6.34. The molecule has 0 radical (unpaired) electrons. The molecule has 0 saturated carbocycles. The van der Waals surface area contributed by atoms with Crippen LogP contribution in [0.3, 0.4) is 0 Å². The number of hydrogen-bond acceptors (Lipinski definition) is 0. The van der Waals surface area contributed by atoms with Gasteiger partial charge in [-0.2, -0.15) is 0 Å². The lowest BCUT2D eigenvalue weighted by Gasteiger charge is -2.13. The van der Waals surface area contributed by atoms with Gasteiger partial charge in [0.15, 0.2) is 0 Å². The topological polar surface area (TPSA) is 0 Å². The van der Waals surface area contributed by atoms with Gasteiger partial charge in [-0.15, -0.1) is 0 Å². The van der Waals surface area contributed by atoms with E-state index in [4.69, 9.17) is 0 Å². The van der Waals surface area contributed by atoms with E-state index in [0.717, 1.165) is 0 Å². The zero-order chi connectivity index (χ0) is 30.5. The summed E-state index contributed by atoms with van der Waals surface area (Å²) in [5.74, 6) is 0. The smallest absolute Gasteiger partial charge is 0.00264 e. The number of fused-ring (bicyclic) bond motifs is 4. The molecule has 0 bridgehead atoms. The molecule has 11 rings (SSSR count). The van der Waals surface area contributed by atoms with Crippen LogP contribution in [0.25, 0.3) is 86.2 Å². The molecule has 0 fully saturated rings. The van der Waals surface area contributed by atoms with Crippen molar-refractivity contribution in [3.05, 3.63) is 182 Å². The van der Waals surface area contributed by atoms with Gasteiger partial charge in [0.25, 0.3) is 0 Å². The Bertz CT molecular complexity index is 2240. The fraction of sp³-hybridized carbons (Fsp3) is 0. The molecule has 0 aliphatic carbocycles. The monoisotopic (exact) mass is 582 g/mol. The lowest BCUT2D eigenvalue weighted by molar-refractivity contribution is 1.72. The molecular formula is C46H30. The fourth-order valence-corrected chi connectivity index (χ4v) is 7.54. The van der Waals surface area contributed by atoms with E-state index in [2.05, 4.69) is 146 Å². The third kappa shape index (κ3) is 4.15. The molecule has 214 valence electrons. The Labute approximate surface area is 267 Å². The van der Waals surface area contributed by atoms with Crippen molar-refractivity contribution in [2.75, 3.05) is 0 Å². The molecule has 11 aromatic carbocycles. The van der Waals surface area contributed by atoms with Gasteiger partial charge >= 0.3 is 0 Å². The van der Waals surface area contributed by atoms with Crippen LogP contribution in [-0.4, -0.2) is 0 Å². The van der Waals surface area contributed by atoms with Gasteiger partial charge in [0.05, 0.1) is 0 Å². The molecule has 0 aromatic heterocycles. The molecule has 0 atom stereocenters. The van der Waals surface area contributed by atoms with Gasteiger partial charge in [0.2, 0.25) is 0 Å². The van der Waals surface area contributed by atoms with Crippen molar-refractivity contribution in [3.63, 3.8) is 0 Å². The summed E-state index contributed by atoms with van der Waals surface area (Å²) < 4.78 is 0. The second-order valence-corrected chi connectivity index (χ2v) is 12.0. The average Bonchev–Trinajstić information content (AvgIpc) is 3.14. The molecule has 46 heavy (non-hydrogen) atoms. The van der Waals surface area contributed by atoms with Crippen molar-refractivity contribution in [2.24, 2.45) is 0 Å². The van der Waals surface area contributed by atoms with Crippen molar-refractivity contribution in [3.8, 4) is 0 Å². The van der Waals surface area contributed by atoms with Gasteiger partial charge < -0.3 is 0 Å². The van der Waals surface area contributed by atoms with Crippen LogP contribution in [0, 0.1) is 0 Å². The predicted octanol–water partition coefficient (Wildman–Crippen LogP) is 13.2. The maximum atomic E-state index is 2.25. The van der Waals surface area contributed by atoms with Gasteiger partial charge in [-0.05, 0) is 86.2 Å². The number of hydrogen-bond donors (Lipinski definition) is 0. The summed E-state index contributed by atoms with van der Waals surface area (Å²) in [6, 6.07) is 64.9. The first-order chi connectivity index (χ1) is 22.9. The quantitative estimate of drug-likeness (QED) is 0.123. The van der Waals surface area contributed by atoms with E-state index in [1.54, 1.807) is 0 Å². The first-order valence-corrected chi connectivity index (χ1v) is 16.0. The summed E-state index contributed by atoms with van der Waals surface area (Å²) in [6.45, 7) is 0. The first kappa shape index (κ1) is 26.4. The number of benzene rings is 11. The van der Waals surface area contributed by atoms with Crippen LogP contribution < -0.4 is 0 Å². The van der Waals surface area contributed by atoms with E-state index in [-0.39, 0.29) is 0 Å². The minimum absolute atomic E-state index is 1.33. The van der Waals surface area contributed by atoms with Crippen LogP contribution >= 0.6 is 0 Å². The molecule has 0 N–H and O–H groups in total. The third-order valence-corrected chi connectivity index (χ3v) is 9.45. The zero-order valence-corrected chi connectivity index (χ0v) is 25.3. The molecule has 0 heteroatoms. The highest BCUT2D eigenvalue weighted by Gasteiger charge is 2.12. The largest absolute Gasteiger partial charge is 0.0623 e. The van der Waals surface area contributed by atoms with Crippen molar-refractivity contribution in [2.45, 2.75) is 0 Å². The van der Waals surface area contributed by atoms with E-state index in [1.807, 2.05) is 36.4 Å². The Hall–Kier alpha value is -5.98. The second-order valence-electron chi connectivity index (χ2n) is 12.0. The standard InChI is InChI=1S/2C20H12.C6H6/c2*1-5-13-6-2-11-17-18-12-4-8-14-7-3-10-16(20(14)18)15(9-1)19(13)17;1-2-4-6-5-3-1/h2*1-12H;1-6H. The first-order valence-electron chi connectivity index (χ1n) is 16.0. The second kappa shape index (κ2) is 10.9. The Morgan fingerprint density at radius 2 is 0.304 bits per heavy atom. The highest BCUT2D eigenvalue weighted by Crippen LogP contribution is 2.41. The molecule has 0 aliphatic heterocycles. The van der Waals surface area contributed by atoms with Gasteiger partial charge in [0.1, 0.15) is 0 Å². The molecule has 0 amide bonds. The zero-order valence-electron chi connectivity index (χ0n) is 25.3. The molecule has 0 saturated heterocycles. The van der Waals surface area contributed by atoms with Crippen LogP contribution in [0.1, 0.15) is 0 Å². The third-order valence-electron chi connectivity index (χ3n) is 9.45. The Morgan fingerprint density at radius 3 is 0.457 bits per heavy atom. The minimum atomic E-state index is 1.33. The van der Waals surface area contributed by atoms with Gasteiger partial charge in [-0.1, -0.05) is 182 Å². The van der Waals surface area contributed by atoms with Crippen LogP contribution in [0.15, 0.2) is 182 Å². The van der Waals surface area contributed by atoms with E-state index < -0.39 is 0 Å². The summed E-state index contributed by atoms with van der Waals surface area (Å²) in [6.07, 6.45) is 0.